The van der Waals surface area contributed by atoms with Gasteiger partial charge in [0.05, 0.1) is 7.11 Å². The van der Waals surface area contributed by atoms with Gasteiger partial charge in [-0.15, -0.1) is 0 Å². The zero-order valence-corrected chi connectivity index (χ0v) is 8.35. The van der Waals surface area contributed by atoms with Gasteiger partial charge in [-0.25, -0.2) is 0 Å². The lowest BCUT2D eigenvalue weighted by molar-refractivity contribution is 0.414. The molecule has 0 aliphatic carbocycles. The summed E-state index contributed by atoms with van der Waals surface area (Å²) in [6, 6.07) is 3.83. The zero-order valence-electron chi connectivity index (χ0n) is 8.35. The van der Waals surface area contributed by atoms with Crippen molar-refractivity contribution in [3.63, 3.8) is 0 Å². The standard InChI is InChI=1S/C11H15NO/c1-7(2)10-6-9(13-4)5-8(3)11(10)12/h5-6H,1,12H2,2-4H3. The number of aryl methyl sites for hydroxylation is 1. The molecule has 0 fully saturated rings. The van der Waals surface area contributed by atoms with E-state index in [1.54, 1.807) is 7.11 Å². The van der Waals surface area contributed by atoms with Crippen LogP contribution in [-0.2, 0) is 0 Å². The molecule has 0 aliphatic rings. The van der Waals surface area contributed by atoms with E-state index in [2.05, 4.69) is 6.58 Å². The van der Waals surface area contributed by atoms with Crippen molar-refractivity contribution in [2.24, 2.45) is 0 Å². The Balaban J connectivity index is 3.33. The minimum absolute atomic E-state index is 0.785. The topological polar surface area (TPSA) is 35.2 Å². The van der Waals surface area contributed by atoms with Crippen molar-refractivity contribution in [1.82, 2.24) is 0 Å². The smallest absolute Gasteiger partial charge is 0.119 e. The molecule has 0 aliphatic heterocycles. The van der Waals surface area contributed by atoms with Gasteiger partial charge in [-0.2, -0.15) is 0 Å². The number of nitrogen functional groups attached to an aromatic ring is 1. The highest BCUT2D eigenvalue weighted by Crippen LogP contribution is 2.28. The molecule has 1 aromatic rings. The summed E-state index contributed by atoms with van der Waals surface area (Å²) in [5.41, 5.74) is 9.63. The highest BCUT2D eigenvalue weighted by molar-refractivity contribution is 5.75. The molecule has 70 valence electrons. The van der Waals surface area contributed by atoms with E-state index in [-0.39, 0.29) is 0 Å². The summed E-state index contributed by atoms with van der Waals surface area (Å²) >= 11 is 0. The number of benzene rings is 1. The predicted molar refractivity (Wildman–Crippen MR) is 56.9 cm³/mol. The number of rotatable bonds is 2. The van der Waals surface area contributed by atoms with E-state index in [1.165, 1.54) is 0 Å². The molecule has 0 amide bonds. The van der Waals surface area contributed by atoms with Crippen LogP contribution < -0.4 is 10.5 Å². The van der Waals surface area contributed by atoms with Crippen molar-refractivity contribution in [2.75, 3.05) is 12.8 Å². The normalized spacial score (nSPS) is 9.77. The largest absolute Gasteiger partial charge is 0.497 e. The van der Waals surface area contributed by atoms with Crippen LogP contribution in [0.5, 0.6) is 5.75 Å². The Hall–Kier alpha value is -1.44. The van der Waals surface area contributed by atoms with Crippen LogP contribution in [0.2, 0.25) is 0 Å². The summed E-state index contributed by atoms with van der Waals surface area (Å²) < 4.78 is 5.14. The molecule has 0 heterocycles. The molecule has 0 atom stereocenters. The minimum Gasteiger partial charge on any atom is -0.497 e. The first-order chi connectivity index (χ1) is 6.06. The SMILES string of the molecule is C=C(C)c1cc(OC)cc(C)c1N. The van der Waals surface area contributed by atoms with Gasteiger partial charge >= 0.3 is 0 Å². The van der Waals surface area contributed by atoms with Crippen LogP contribution in [0.15, 0.2) is 18.7 Å². The summed E-state index contributed by atoms with van der Waals surface area (Å²) in [6.45, 7) is 7.76. The average molecular weight is 177 g/mol. The average Bonchev–Trinajstić information content (AvgIpc) is 2.09. The molecule has 13 heavy (non-hydrogen) atoms. The molecule has 0 saturated carbocycles. The number of methoxy groups -OCH3 is 1. The molecular weight excluding hydrogens is 162 g/mol. The Morgan fingerprint density at radius 3 is 2.54 bits per heavy atom. The summed E-state index contributed by atoms with van der Waals surface area (Å²) in [5.74, 6) is 0.824. The lowest BCUT2D eigenvalue weighted by Gasteiger charge is -2.10. The maximum absolute atomic E-state index is 5.89. The Morgan fingerprint density at radius 1 is 1.46 bits per heavy atom. The van der Waals surface area contributed by atoms with Gasteiger partial charge < -0.3 is 10.5 Å². The monoisotopic (exact) mass is 177 g/mol. The van der Waals surface area contributed by atoms with Gasteiger partial charge in [0, 0.05) is 11.3 Å². The first-order valence-corrected chi connectivity index (χ1v) is 4.16. The third kappa shape index (κ3) is 1.83. The van der Waals surface area contributed by atoms with Gasteiger partial charge in [-0.05, 0) is 37.1 Å². The lowest BCUT2D eigenvalue weighted by Crippen LogP contribution is -1.96. The fourth-order valence-electron chi connectivity index (χ4n) is 1.24. The second-order valence-electron chi connectivity index (χ2n) is 3.19. The maximum atomic E-state index is 5.89. The summed E-state index contributed by atoms with van der Waals surface area (Å²) in [6.07, 6.45) is 0. The Bertz CT molecular complexity index is 342. The van der Waals surface area contributed by atoms with Crippen LogP contribution in [-0.4, -0.2) is 7.11 Å². The summed E-state index contributed by atoms with van der Waals surface area (Å²) in [7, 11) is 1.65. The molecule has 0 radical (unpaired) electrons. The summed E-state index contributed by atoms with van der Waals surface area (Å²) in [4.78, 5) is 0. The third-order valence-electron chi connectivity index (χ3n) is 2.06. The van der Waals surface area contributed by atoms with E-state index in [0.29, 0.717) is 0 Å². The molecule has 0 unspecified atom stereocenters. The van der Waals surface area contributed by atoms with Crippen molar-refractivity contribution in [3.05, 3.63) is 29.8 Å². The third-order valence-corrected chi connectivity index (χ3v) is 2.06. The first-order valence-electron chi connectivity index (χ1n) is 4.16. The predicted octanol–water partition coefficient (Wildman–Crippen LogP) is 2.62. The van der Waals surface area contributed by atoms with E-state index in [9.17, 15) is 0 Å². The van der Waals surface area contributed by atoms with Crippen molar-refractivity contribution < 1.29 is 4.74 Å². The number of hydrogen-bond acceptors (Lipinski definition) is 2. The van der Waals surface area contributed by atoms with Crippen LogP contribution in [0.1, 0.15) is 18.1 Å². The number of hydrogen-bond donors (Lipinski definition) is 1. The molecule has 0 aromatic heterocycles. The number of nitrogens with two attached hydrogens (primary N) is 1. The van der Waals surface area contributed by atoms with Crippen LogP contribution in [0.3, 0.4) is 0 Å². The molecule has 2 nitrogen and oxygen atoms in total. The molecule has 1 rings (SSSR count). The van der Waals surface area contributed by atoms with E-state index in [0.717, 1.165) is 28.1 Å². The van der Waals surface area contributed by atoms with Crippen LogP contribution >= 0.6 is 0 Å². The Kier molecular flexibility index (Phi) is 2.61. The maximum Gasteiger partial charge on any atom is 0.119 e. The number of allylic oxidation sites excluding steroid dienone is 1. The van der Waals surface area contributed by atoms with Crippen LogP contribution in [0.4, 0.5) is 5.69 Å². The fourth-order valence-corrected chi connectivity index (χ4v) is 1.24. The Labute approximate surface area is 79.0 Å². The van der Waals surface area contributed by atoms with E-state index in [1.807, 2.05) is 26.0 Å². The van der Waals surface area contributed by atoms with E-state index < -0.39 is 0 Å². The quantitative estimate of drug-likeness (QED) is 0.705. The summed E-state index contributed by atoms with van der Waals surface area (Å²) in [5, 5.41) is 0. The molecule has 2 N–H and O–H groups in total. The molecule has 1 aromatic carbocycles. The van der Waals surface area contributed by atoms with E-state index >= 15 is 0 Å². The van der Waals surface area contributed by atoms with Crippen molar-refractivity contribution in [1.29, 1.82) is 0 Å². The first kappa shape index (κ1) is 9.65. The molecule has 0 spiro atoms. The molecular formula is C11H15NO. The Morgan fingerprint density at radius 2 is 2.08 bits per heavy atom. The van der Waals surface area contributed by atoms with Gasteiger partial charge in [0.1, 0.15) is 5.75 Å². The second kappa shape index (κ2) is 3.52. The van der Waals surface area contributed by atoms with Crippen molar-refractivity contribution in [3.8, 4) is 5.75 Å². The second-order valence-corrected chi connectivity index (χ2v) is 3.19. The minimum atomic E-state index is 0.785. The molecule has 0 bridgehead atoms. The van der Waals surface area contributed by atoms with Gasteiger partial charge in [0.15, 0.2) is 0 Å². The van der Waals surface area contributed by atoms with Gasteiger partial charge in [-0.1, -0.05) is 6.58 Å². The highest BCUT2D eigenvalue weighted by atomic mass is 16.5. The zero-order chi connectivity index (χ0) is 10.0. The number of ether oxygens (including phenoxy) is 1. The van der Waals surface area contributed by atoms with Crippen molar-refractivity contribution >= 4 is 11.3 Å². The molecule has 0 saturated heterocycles. The van der Waals surface area contributed by atoms with E-state index in [4.69, 9.17) is 10.5 Å². The van der Waals surface area contributed by atoms with Crippen LogP contribution in [0.25, 0.3) is 5.57 Å². The van der Waals surface area contributed by atoms with Crippen LogP contribution in [0, 0.1) is 6.92 Å². The van der Waals surface area contributed by atoms with Crippen molar-refractivity contribution in [2.45, 2.75) is 13.8 Å². The van der Waals surface area contributed by atoms with Gasteiger partial charge in [0.2, 0.25) is 0 Å². The highest BCUT2D eigenvalue weighted by Gasteiger charge is 2.05. The van der Waals surface area contributed by atoms with Gasteiger partial charge in [-0.3, -0.25) is 0 Å². The van der Waals surface area contributed by atoms with Gasteiger partial charge in [0.25, 0.3) is 0 Å². The fraction of sp³-hybridized carbons (Fsp3) is 0.273. The lowest BCUT2D eigenvalue weighted by atomic mass is 10.0. The molecule has 2 heteroatoms. The number of anilines is 1.